The third-order valence-corrected chi connectivity index (χ3v) is 1.52. The van der Waals surface area contributed by atoms with E-state index in [2.05, 4.69) is 15.1 Å². The van der Waals surface area contributed by atoms with Crippen LogP contribution in [0.5, 0.6) is 0 Å². The predicted octanol–water partition coefficient (Wildman–Crippen LogP) is -6.16. The molecule has 21 heavy (non-hydrogen) atoms. The Kier molecular flexibility index (Phi) is 16.4. The zero-order valence-electron chi connectivity index (χ0n) is 10.3. The number of rotatable bonds is 2. The summed E-state index contributed by atoms with van der Waals surface area (Å²) in [5, 5.41) is 28.6. The fourth-order valence-corrected chi connectivity index (χ4v) is 0.895. The van der Waals surface area contributed by atoms with E-state index in [-0.39, 0.29) is 33.5 Å². The number of carbonyl (C=O) groups excluding carboxylic acids is 2. The van der Waals surface area contributed by atoms with E-state index in [0.717, 1.165) is 0 Å². The Morgan fingerprint density at radius 1 is 1.24 bits per heavy atom. The van der Waals surface area contributed by atoms with Crippen LogP contribution in [-0.4, -0.2) is 42.5 Å². The molecule has 0 atom stereocenters. The number of H-pyrrole nitrogens is 1. The summed E-state index contributed by atoms with van der Waals surface area (Å²) in [5.41, 5.74) is 0.350. The topological polar surface area (TPSA) is 246 Å². The number of aliphatic carboxylic acids is 2. The number of fused-ring (bicyclic) bond motifs is 1. The zero-order valence-corrected chi connectivity index (χ0v) is 11.2. The second-order valence-electron chi connectivity index (χ2n) is 2.77. The van der Waals surface area contributed by atoms with Crippen LogP contribution in [0, 0.1) is 5.41 Å². The molecule has 9 N–H and O–H groups in total. The molecular formula is C8H14CuN5O7+. The van der Waals surface area contributed by atoms with Crippen LogP contribution in [0.2, 0.25) is 0 Å². The van der Waals surface area contributed by atoms with Crippen LogP contribution in [0.1, 0.15) is 6.42 Å². The summed E-state index contributed by atoms with van der Waals surface area (Å²) >= 11 is 0. The van der Waals surface area contributed by atoms with E-state index in [0.29, 0.717) is 11.3 Å². The zero-order chi connectivity index (χ0) is 12.8. The molecule has 0 amide bonds. The number of aromatic amines is 1. The maximum absolute atomic E-state index is 9.28. The Hall–Kier alpha value is -2.31. The van der Waals surface area contributed by atoms with Crippen molar-refractivity contribution in [2.24, 2.45) is 0 Å². The molecule has 2 aromatic rings. The van der Waals surface area contributed by atoms with Crippen molar-refractivity contribution in [3.63, 3.8) is 0 Å². The van der Waals surface area contributed by atoms with Crippen LogP contribution in [-0.2, 0) is 32.1 Å². The molecule has 0 spiro atoms. The number of carboxylic acid groups (broad SMARTS) is 2. The Morgan fingerprint density at radius 2 is 1.76 bits per heavy atom. The van der Waals surface area contributed by atoms with Gasteiger partial charge in [0.15, 0.2) is 0 Å². The van der Waals surface area contributed by atoms with Gasteiger partial charge in [-0.05, 0) is 0 Å². The number of carboxylic acids is 2. The van der Waals surface area contributed by atoms with E-state index in [1.165, 1.54) is 10.8 Å². The van der Waals surface area contributed by atoms with Crippen molar-refractivity contribution in [2.75, 3.05) is 0 Å². The van der Waals surface area contributed by atoms with Gasteiger partial charge in [-0.2, -0.15) is 0 Å². The standard InChI is InChI=1S/C5H5N5.C3H4O4.Cu.3H2O/c6-4-1-2-7-5-8-3-9-10(4)5;4-2(5)1-3(6)7;;;;/h1-3,6H,(H,7,8,9);1H2,(H,4,5)(H,6,7);;3*1H2/q;;+2;;;/p-1. The van der Waals surface area contributed by atoms with Crippen LogP contribution >= 0.6 is 0 Å². The summed E-state index contributed by atoms with van der Waals surface area (Å²) in [6.07, 6.45) is 2.03. The molecule has 0 fully saturated rings. The van der Waals surface area contributed by atoms with E-state index in [9.17, 15) is 19.8 Å². The van der Waals surface area contributed by atoms with Crippen molar-refractivity contribution < 1.29 is 53.3 Å². The minimum Gasteiger partial charge on any atom is -0.550 e. The normalized spacial score (nSPS) is 7.62. The van der Waals surface area contributed by atoms with Crippen molar-refractivity contribution in [3.8, 4) is 0 Å². The van der Waals surface area contributed by atoms with Gasteiger partial charge < -0.3 is 36.2 Å². The Labute approximate surface area is 127 Å². The molecule has 13 heteroatoms. The molecule has 1 radical (unpaired) electrons. The Morgan fingerprint density at radius 3 is 2.14 bits per heavy atom. The van der Waals surface area contributed by atoms with Gasteiger partial charge in [-0.25, -0.2) is 14.5 Å². The number of nitrogens with zero attached hydrogens (tertiary/aromatic N) is 3. The summed E-state index contributed by atoms with van der Waals surface area (Å²) in [4.78, 5) is 26.3. The van der Waals surface area contributed by atoms with Gasteiger partial charge in [0, 0.05) is 30.6 Å². The minimum atomic E-state index is -1.63. The van der Waals surface area contributed by atoms with E-state index in [1.54, 1.807) is 12.3 Å². The van der Waals surface area contributed by atoms with Crippen molar-refractivity contribution in [3.05, 3.63) is 24.1 Å². The van der Waals surface area contributed by atoms with Crippen LogP contribution in [0.25, 0.3) is 5.78 Å². The van der Waals surface area contributed by atoms with Gasteiger partial charge in [0.05, 0.1) is 0 Å². The fourth-order valence-electron chi connectivity index (χ4n) is 0.895. The van der Waals surface area contributed by atoms with Crippen molar-refractivity contribution in [1.29, 1.82) is 5.41 Å². The second-order valence-corrected chi connectivity index (χ2v) is 2.77. The maximum Gasteiger partial charge on any atom is 2.00 e. The molecule has 0 saturated carbocycles. The Bertz CT molecular complexity index is 586. The van der Waals surface area contributed by atoms with Crippen LogP contribution in [0.3, 0.4) is 0 Å². The maximum atomic E-state index is 9.28. The van der Waals surface area contributed by atoms with E-state index < -0.39 is 18.4 Å². The molecule has 0 aliphatic carbocycles. The molecule has 0 unspecified atom stereocenters. The van der Waals surface area contributed by atoms with Gasteiger partial charge >= 0.3 is 17.1 Å². The number of hydrogen-bond acceptors (Lipinski definition) is 7. The average molecular weight is 356 g/mol. The summed E-state index contributed by atoms with van der Waals surface area (Å²) in [7, 11) is 0. The van der Waals surface area contributed by atoms with Gasteiger partial charge in [-0.15, -0.1) is 0 Å². The van der Waals surface area contributed by atoms with Crippen LogP contribution < -0.4 is 15.7 Å². The van der Waals surface area contributed by atoms with Gasteiger partial charge in [0.2, 0.25) is 0 Å². The fraction of sp³-hybridized carbons (Fsp3) is 0.125. The van der Waals surface area contributed by atoms with Crippen molar-refractivity contribution in [1.82, 2.24) is 19.6 Å². The third kappa shape index (κ3) is 9.26. The first-order chi connectivity index (χ1) is 8.00. The first-order valence-electron chi connectivity index (χ1n) is 4.32. The first-order valence-corrected chi connectivity index (χ1v) is 4.32. The van der Waals surface area contributed by atoms with Crippen molar-refractivity contribution in [2.45, 2.75) is 6.42 Å². The first kappa shape index (κ1) is 27.1. The molecule has 0 bridgehead atoms. The van der Waals surface area contributed by atoms with Gasteiger partial charge in [-0.1, -0.05) is 0 Å². The summed E-state index contributed by atoms with van der Waals surface area (Å²) in [5.74, 6) is -2.73. The van der Waals surface area contributed by atoms with E-state index in [1.807, 2.05) is 0 Å². The number of hydrogen-bond donors (Lipinski definition) is 2. The molecule has 12 nitrogen and oxygen atoms in total. The molecule has 0 saturated heterocycles. The van der Waals surface area contributed by atoms with E-state index >= 15 is 0 Å². The van der Waals surface area contributed by atoms with Gasteiger partial charge in [-0.3, -0.25) is 10.5 Å². The molecule has 2 heterocycles. The average Bonchev–Trinajstić information content (AvgIpc) is 2.65. The van der Waals surface area contributed by atoms with Gasteiger partial charge in [0.1, 0.15) is 11.8 Å². The molecule has 0 aliphatic heterocycles. The summed E-state index contributed by atoms with van der Waals surface area (Å²) < 4.78 is 1.49. The third-order valence-electron chi connectivity index (χ3n) is 1.52. The SMILES string of the molecule is N=c1ccnc2nc[nH]n12.O.O.O=C([O-])CC(=O)[O-].[Cu+2].[OH3+]. The summed E-state index contributed by atoms with van der Waals surface area (Å²) in [6, 6.07) is 1.59. The Balaban J connectivity index is -0.000000121. The molecule has 0 aliphatic rings. The van der Waals surface area contributed by atoms with Crippen LogP contribution in [0.4, 0.5) is 0 Å². The molecule has 2 aromatic heterocycles. The molecule has 123 valence electrons. The van der Waals surface area contributed by atoms with Crippen molar-refractivity contribution >= 4 is 17.7 Å². The number of carbonyl (C=O) groups is 2. The monoisotopic (exact) mass is 355 g/mol. The summed E-state index contributed by atoms with van der Waals surface area (Å²) in [6.45, 7) is 0. The van der Waals surface area contributed by atoms with E-state index in [4.69, 9.17) is 5.41 Å². The number of aromatic nitrogens is 4. The number of nitrogens with one attached hydrogen (secondary N) is 2. The van der Waals surface area contributed by atoms with Crippen LogP contribution in [0.15, 0.2) is 18.6 Å². The minimum absolute atomic E-state index is 0. The largest absolute Gasteiger partial charge is 2.00 e. The molecular weight excluding hydrogens is 342 g/mol. The molecule has 2 rings (SSSR count). The van der Waals surface area contributed by atoms with Gasteiger partial charge in [0.25, 0.3) is 5.78 Å². The smallest absolute Gasteiger partial charge is 0.550 e. The second kappa shape index (κ2) is 12.7. The predicted molar refractivity (Wildman–Crippen MR) is 59.9 cm³/mol. The molecule has 0 aromatic carbocycles. The quantitative estimate of drug-likeness (QED) is 0.301.